The summed E-state index contributed by atoms with van der Waals surface area (Å²) in [6.07, 6.45) is -3.21. The van der Waals surface area contributed by atoms with Crippen LogP contribution >= 0.6 is 0 Å². The Hall–Kier alpha value is -2.73. The lowest BCUT2D eigenvalue weighted by molar-refractivity contribution is -0.400. The van der Waals surface area contributed by atoms with Crippen LogP contribution in [0.3, 0.4) is 0 Å². The number of hydrogen-bond donors (Lipinski definition) is 4. The highest BCUT2D eigenvalue weighted by Crippen LogP contribution is 2.32. The van der Waals surface area contributed by atoms with Crippen molar-refractivity contribution in [1.29, 1.82) is 0 Å². The Bertz CT molecular complexity index is 739. The second kappa shape index (κ2) is 9.46. The molecule has 1 aliphatic heterocycles. The van der Waals surface area contributed by atoms with E-state index in [9.17, 15) is 30.2 Å². The average Bonchev–Trinajstić information content (AvgIpc) is 2.66. The van der Waals surface area contributed by atoms with E-state index >= 15 is 0 Å². The number of carbonyl (C=O) groups excluding carboxylic acids is 1. The summed E-state index contributed by atoms with van der Waals surface area (Å²) in [6, 6.07) is 3.37. The van der Waals surface area contributed by atoms with Gasteiger partial charge in [0.15, 0.2) is 11.5 Å². The Morgan fingerprint density at radius 2 is 2.07 bits per heavy atom. The van der Waals surface area contributed by atoms with Gasteiger partial charge in [-0.05, 0) is 17.7 Å². The number of nitrogens with one attached hydrogen (secondary N) is 1. The molecule has 11 heteroatoms. The summed E-state index contributed by atoms with van der Waals surface area (Å²) < 4.78 is 16.4. The van der Waals surface area contributed by atoms with E-state index in [0.717, 1.165) is 6.20 Å². The summed E-state index contributed by atoms with van der Waals surface area (Å²) in [5, 5.41) is 42.5. The van der Waals surface area contributed by atoms with Crippen LogP contribution in [0.25, 0.3) is 6.08 Å². The van der Waals surface area contributed by atoms with Gasteiger partial charge in [0.05, 0.1) is 18.6 Å². The minimum atomic E-state index is -1.45. The molecule has 0 spiro atoms. The maximum atomic E-state index is 11.5. The molecular weight excluding hydrogens is 376 g/mol. The fourth-order valence-electron chi connectivity index (χ4n) is 2.73. The highest BCUT2D eigenvalue weighted by atomic mass is 16.7. The van der Waals surface area contributed by atoms with Gasteiger partial charge in [0.25, 0.3) is 0 Å². The highest BCUT2D eigenvalue weighted by molar-refractivity contribution is 5.73. The van der Waals surface area contributed by atoms with Crippen LogP contribution in [0.1, 0.15) is 12.5 Å². The number of rotatable bonds is 7. The summed E-state index contributed by atoms with van der Waals surface area (Å²) in [6.45, 7) is 0.651. The lowest BCUT2D eigenvalue weighted by Gasteiger charge is -2.42. The van der Waals surface area contributed by atoms with Crippen molar-refractivity contribution in [3.63, 3.8) is 0 Å². The molecule has 1 saturated heterocycles. The average molecular weight is 398 g/mol. The number of nitro groups is 1. The third-order valence-corrected chi connectivity index (χ3v) is 4.07. The lowest BCUT2D eigenvalue weighted by Crippen LogP contribution is -2.65. The minimum Gasteiger partial charge on any atom is -0.493 e. The van der Waals surface area contributed by atoms with Gasteiger partial charge in [-0.15, -0.1) is 0 Å². The molecular formula is C17H22N2O9. The second-order valence-electron chi connectivity index (χ2n) is 6.06. The molecule has 0 aliphatic carbocycles. The summed E-state index contributed by atoms with van der Waals surface area (Å²) >= 11 is 0. The predicted octanol–water partition coefficient (Wildman–Crippen LogP) is -0.735. The zero-order valence-electron chi connectivity index (χ0n) is 15.2. The van der Waals surface area contributed by atoms with Crippen LogP contribution in [0, 0.1) is 10.1 Å². The molecule has 1 aromatic rings. The molecule has 4 N–H and O–H groups in total. The van der Waals surface area contributed by atoms with Crippen molar-refractivity contribution in [2.75, 3.05) is 13.7 Å². The van der Waals surface area contributed by atoms with Gasteiger partial charge in [-0.3, -0.25) is 14.9 Å². The van der Waals surface area contributed by atoms with Crippen molar-refractivity contribution in [2.45, 2.75) is 37.6 Å². The van der Waals surface area contributed by atoms with Crippen LogP contribution in [-0.4, -0.2) is 70.5 Å². The van der Waals surface area contributed by atoms with Gasteiger partial charge in [0.2, 0.25) is 18.4 Å². The van der Waals surface area contributed by atoms with Crippen molar-refractivity contribution in [2.24, 2.45) is 0 Å². The number of methoxy groups -OCH3 is 1. The van der Waals surface area contributed by atoms with Crippen LogP contribution in [0.2, 0.25) is 0 Å². The quantitative estimate of drug-likeness (QED) is 0.343. The molecule has 0 aromatic heterocycles. The monoisotopic (exact) mass is 398 g/mol. The number of hydrogen-bond acceptors (Lipinski definition) is 9. The molecule has 154 valence electrons. The molecule has 1 fully saturated rings. The van der Waals surface area contributed by atoms with Gasteiger partial charge in [-0.1, -0.05) is 6.07 Å². The highest BCUT2D eigenvalue weighted by Gasteiger charge is 2.46. The van der Waals surface area contributed by atoms with Crippen molar-refractivity contribution < 1.29 is 39.2 Å². The summed E-state index contributed by atoms with van der Waals surface area (Å²) in [5.41, 5.74) is 0.479. The Labute approximate surface area is 160 Å². The molecule has 1 aromatic carbocycles. The van der Waals surface area contributed by atoms with Crippen LogP contribution in [-0.2, 0) is 9.53 Å². The number of aliphatic hydroxyl groups excluding tert-OH is 3. The van der Waals surface area contributed by atoms with Crippen molar-refractivity contribution in [1.82, 2.24) is 5.32 Å². The smallest absolute Gasteiger partial charge is 0.235 e. The van der Waals surface area contributed by atoms with Gasteiger partial charge < -0.3 is 34.8 Å². The third kappa shape index (κ3) is 5.16. The number of aliphatic hydroxyl groups is 3. The molecule has 0 saturated carbocycles. The predicted molar refractivity (Wildman–Crippen MR) is 95.0 cm³/mol. The second-order valence-corrected chi connectivity index (χ2v) is 6.06. The SMILES string of the molecule is COc1cc(/C=C/[N+](=O)[O-])ccc1OC1OC(CO)C(O)C(O)C1NC(C)=O. The molecule has 0 radical (unpaired) electrons. The van der Waals surface area contributed by atoms with Gasteiger partial charge in [-0.25, -0.2) is 0 Å². The summed E-state index contributed by atoms with van der Waals surface area (Å²) in [7, 11) is 1.37. The molecule has 28 heavy (non-hydrogen) atoms. The van der Waals surface area contributed by atoms with E-state index in [-0.39, 0.29) is 11.5 Å². The lowest BCUT2D eigenvalue weighted by atomic mass is 9.97. The van der Waals surface area contributed by atoms with E-state index in [4.69, 9.17) is 14.2 Å². The van der Waals surface area contributed by atoms with Gasteiger partial charge in [0, 0.05) is 13.0 Å². The van der Waals surface area contributed by atoms with E-state index in [1.807, 2.05) is 0 Å². The van der Waals surface area contributed by atoms with E-state index in [1.165, 1.54) is 38.3 Å². The fourth-order valence-corrected chi connectivity index (χ4v) is 2.73. The number of amides is 1. The maximum Gasteiger partial charge on any atom is 0.235 e. The van der Waals surface area contributed by atoms with Gasteiger partial charge in [-0.2, -0.15) is 0 Å². The molecule has 2 rings (SSSR count). The van der Waals surface area contributed by atoms with E-state index in [0.29, 0.717) is 5.56 Å². The number of nitrogens with zero attached hydrogens (tertiary/aromatic N) is 1. The van der Waals surface area contributed by atoms with Gasteiger partial charge >= 0.3 is 0 Å². The van der Waals surface area contributed by atoms with Crippen LogP contribution < -0.4 is 14.8 Å². The summed E-state index contributed by atoms with van der Waals surface area (Å²) in [5.74, 6) is -0.0960. The topological polar surface area (TPSA) is 161 Å². The molecule has 11 nitrogen and oxygen atoms in total. The molecule has 1 heterocycles. The van der Waals surface area contributed by atoms with E-state index < -0.39 is 48.1 Å². The molecule has 0 bridgehead atoms. The standard InChI is InChI=1S/C17H22N2O9/c1-9(21)18-14-16(23)15(22)13(8-20)28-17(14)27-11-4-3-10(5-6-19(24)25)7-12(11)26-2/h3-7,13-17,20,22-23H,8H2,1-2H3,(H,18,21)/b6-5+. The normalized spacial score (nSPS) is 27.4. The Morgan fingerprint density at radius 3 is 2.64 bits per heavy atom. The molecule has 5 atom stereocenters. The number of carbonyl (C=O) groups is 1. The van der Waals surface area contributed by atoms with E-state index in [1.54, 1.807) is 0 Å². The van der Waals surface area contributed by atoms with Crippen LogP contribution in [0.5, 0.6) is 11.5 Å². The Morgan fingerprint density at radius 1 is 1.36 bits per heavy atom. The Balaban J connectivity index is 2.28. The molecule has 1 aliphatic rings. The minimum absolute atomic E-state index is 0.168. The molecule has 5 unspecified atom stereocenters. The largest absolute Gasteiger partial charge is 0.493 e. The number of benzene rings is 1. The Kier molecular flexibility index (Phi) is 7.29. The van der Waals surface area contributed by atoms with E-state index in [2.05, 4.69) is 5.32 Å². The first-order chi connectivity index (χ1) is 13.3. The van der Waals surface area contributed by atoms with Crippen LogP contribution in [0.4, 0.5) is 0 Å². The van der Waals surface area contributed by atoms with Crippen LogP contribution in [0.15, 0.2) is 24.4 Å². The first-order valence-corrected chi connectivity index (χ1v) is 8.32. The first-order valence-electron chi connectivity index (χ1n) is 8.32. The van der Waals surface area contributed by atoms with Crippen molar-refractivity contribution in [3.8, 4) is 11.5 Å². The summed E-state index contributed by atoms with van der Waals surface area (Å²) in [4.78, 5) is 21.3. The zero-order valence-corrected chi connectivity index (χ0v) is 15.2. The number of ether oxygens (including phenoxy) is 3. The first kappa shape index (κ1) is 21.6. The maximum absolute atomic E-state index is 11.5. The third-order valence-electron chi connectivity index (χ3n) is 4.07. The molecule has 1 amide bonds. The fraction of sp³-hybridized carbons (Fsp3) is 0.471. The van der Waals surface area contributed by atoms with Gasteiger partial charge in [0.1, 0.15) is 24.4 Å². The van der Waals surface area contributed by atoms with Crippen molar-refractivity contribution >= 4 is 12.0 Å². The zero-order chi connectivity index (χ0) is 20.8. The van der Waals surface area contributed by atoms with Crippen molar-refractivity contribution in [3.05, 3.63) is 40.1 Å².